The van der Waals surface area contributed by atoms with E-state index in [1.807, 2.05) is 0 Å². The molecule has 1 aliphatic heterocycles. The van der Waals surface area contributed by atoms with Gasteiger partial charge in [0.05, 0.1) is 18.1 Å². The minimum absolute atomic E-state index is 0.259. The molecule has 0 radical (unpaired) electrons. The zero-order valence-corrected chi connectivity index (χ0v) is 13.7. The van der Waals surface area contributed by atoms with Crippen molar-refractivity contribution in [1.82, 2.24) is 5.32 Å². The van der Waals surface area contributed by atoms with Crippen LogP contribution in [0, 0.1) is 0 Å². The van der Waals surface area contributed by atoms with Crippen LogP contribution in [-0.2, 0) is 9.53 Å². The average molecular weight is 334 g/mol. The lowest BCUT2D eigenvalue weighted by Gasteiger charge is -2.30. The van der Waals surface area contributed by atoms with Gasteiger partial charge in [-0.05, 0) is 31.5 Å². The molecule has 6 heteroatoms. The number of thiocarbonyl (C=S) groups is 1. The highest BCUT2D eigenvalue weighted by atomic mass is 35.5. The maximum atomic E-state index is 12.3. The van der Waals surface area contributed by atoms with E-state index in [4.69, 9.17) is 28.6 Å². The number of halogens is 1. The third kappa shape index (κ3) is 3.12. The average Bonchev–Trinajstić information content (AvgIpc) is 2.47. The number of rotatable bonds is 3. The van der Waals surface area contributed by atoms with Crippen molar-refractivity contribution in [1.29, 1.82) is 0 Å². The first-order chi connectivity index (χ1) is 10.5. The van der Waals surface area contributed by atoms with Gasteiger partial charge in [-0.25, -0.2) is 4.79 Å². The van der Waals surface area contributed by atoms with Gasteiger partial charge in [-0.3, -0.25) is 5.87 Å². The number of carbonyl (C=O) groups is 1. The molecule has 0 saturated carbocycles. The van der Waals surface area contributed by atoms with E-state index in [0.29, 0.717) is 26.9 Å². The lowest BCUT2D eigenvalue weighted by atomic mass is 9.81. The Morgan fingerprint density at radius 3 is 2.64 bits per heavy atom. The van der Waals surface area contributed by atoms with Crippen molar-refractivity contribution in [2.45, 2.75) is 19.8 Å². The molecule has 0 fully saturated rings. The predicted octanol–water partition coefficient (Wildman–Crippen LogP) is 3.36. The van der Waals surface area contributed by atoms with Crippen LogP contribution in [0.25, 0.3) is 5.41 Å². The van der Waals surface area contributed by atoms with E-state index in [-0.39, 0.29) is 6.61 Å². The van der Waals surface area contributed by atoms with Crippen molar-refractivity contribution in [3.63, 3.8) is 0 Å². The Balaban J connectivity index is 2.62. The third-order valence-corrected chi connectivity index (χ3v) is 3.92. The van der Waals surface area contributed by atoms with E-state index in [2.05, 4.69) is 11.2 Å². The molecule has 1 aromatic rings. The Labute approximate surface area is 139 Å². The van der Waals surface area contributed by atoms with Crippen LogP contribution in [0.3, 0.4) is 0 Å². The summed E-state index contributed by atoms with van der Waals surface area (Å²) < 4.78 is 5.13. The molecular weight excluding hydrogens is 320 g/mol. The Bertz CT molecular complexity index is 703. The van der Waals surface area contributed by atoms with Crippen molar-refractivity contribution in [3.05, 3.63) is 57.1 Å². The number of allylic oxidation sites excluding steroid dienone is 1. The van der Waals surface area contributed by atoms with E-state index in [0.717, 1.165) is 5.56 Å². The molecule has 4 nitrogen and oxygen atoms in total. The fourth-order valence-corrected chi connectivity index (χ4v) is 2.82. The summed E-state index contributed by atoms with van der Waals surface area (Å²) >= 11 is 11.1. The molecule has 1 atom stereocenters. The first kappa shape index (κ1) is 16.4. The molecule has 0 saturated heterocycles. The topological polar surface area (TPSA) is 60.6 Å². The van der Waals surface area contributed by atoms with Gasteiger partial charge in [-0.1, -0.05) is 36.0 Å². The highest BCUT2D eigenvalue weighted by Gasteiger charge is 2.34. The minimum Gasteiger partial charge on any atom is -0.763 e. The first-order valence-corrected chi connectivity index (χ1v) is 7.49. The van der Waals surface area contributed by atoms with Gasteiger partial charge < -0.3 is 15.5 Å². The van der Waals surface area contributed by atoms with E-state index >= 15 is 0 Å². The number of ether oxygens (including phenoxy) is 1. The van der Waals surface area contributed by atoms with Gasteiger partial charge in [0.25, 0.3) is 0 Å². The molecule has 0 bridgehead atoms. The van der Waals surface area contributed by atoms with Crippen LogP contribution in [0.5, 0.6) is 0 Å². The summed E-state index contributed by atoms with van der Waals surface area (Å²) in [5.41, 5.74) is 2.09. The molecule has 1 aromatic carbocycles. The van der Waals surface area contributed by atoms with Crippen molar-refractivity contribution in [3.8, 4) is 0 Å². The van der Waals surface area contributed by atoms with Crippen LogP contribution < -0.4 is 5.32 Å². The Morgan fingerprint density at radius 1 is 1.45 bits per heavy atom. The highest BCUT2D eigenvalue weighted by Crippen LogP contribution is 2.36. The number of nitrogens with one attached hydrogen (secondary N) is 1. The maximum absolute atomic E-state index is 12.3. The fraction of sp³-hybridized carbons (Fsp3) is 0.250. The summed E-state index contributed by atoms with van der Waals surface area (Å²) in [4.78, 5) is 12.6. The van der Waals surface area contributed by atoms with Gasteiger partial charge in [0.2, 0.25) is 0 Å². The maximum Gasteiger partial charge on any atom is 0.336 e. The zero-order valence-electron chi connectivity index (χ0n) is 12.1. The molecule has 0 amide bonds. The molecule has 2 rings (SSSR count). The number of carbonyl (C=O) groups excluding carboxylic acids is 1. The largest absolute Gasteiger partial charge is 0.763 e. The van der Waals surface area contributed by atoms with E-state index in [1.165, 1.54) is 0 Å². The SMILES string of the molecule is CCOC(=O)C1=C(C)NC(=S)C(=C=[N-])C1c1ccc(Cl)cc1. The number of hydrogen-bond donors (Lipinski definition) is 1. The second-order valence-corrected chi connectivity index (χ2v) is 5.57. The molecule has 22 heavy (non-hydrogen) atoms. The molecule has 114 valence electrons. The quantitative estimate of drug-likeness (QED) is 0.399. The summed E-state index contributed by atoms with van der Waals surface area (Å²) in [5.74, 6) is 1.10. The van der Waals surface area contributed by atoms with Gasteiger partial charge in [0, 0.05) is 16.3 Å². The summed E-state index contributed by atoms with van der Waals surface area (Å²) in [6.45, 7) is 3.74. The Kier molecular flexibility index (Phi) is 5.14. The minimum atomic E-state index is -0.546. The number of esters is 1. The van der Waals surface area contributed by atoms with E-state index in [9.17, 15) is 10.2 Å². The van der Waals surface area contributed by atoms with Crippen LogP contribution in [0.4, 0.5) is 0 Å². The number of hydrogen-bond acceptors (Lipinski definition) is 3. The predicted molar refractivity (Wildman–Crippen MR) is 91.1 cm³/mol. The number of nitrogens with zero attached hydrogens (tertiary/aromatic N) is 1. The molecule has 0 spiro atoms. The Morgan fingerprint density at radius 2 is 2.09 bits per heavy atom. The van der Waals surface area contributed by atoms with E-state index < -0.39 is 11.9 Å². The molecule has 1 N–H and O–H groups in total. The van der Waals surface area contributed by atoms with Crippen LogP contribution in [0.15, 0.2) is 41.1 Å². The second kappa shape index (κ2) is 6.88. The summed E-state index contributed by atoms with van der Waals surface area (Å²) in [6.07, 6.45) is 0. The standard InChI is InChI=1S/C16H14ClN2O2S/c1-3-21-16(20)13-9(2)19-15(22)12(8-18)14(13)10-4-6-11(17)7-5-10/h4-7,14H,3H2,1-2H3,(H,19,22)/q-1. The van der Waals surface area contributed by atoms with Crippen molar-refractivity contribution < 1.29 is 9.53 Å². The summed E-state index contributed by atoms with van der Waals surface area (Å²) in [6, 6.07) is 7.00. The van der Waals surface area contributed by atoms with Gasteiger partial charge in [0.15, 0.2) is 0 Å². The van der Waals surface area contributed by atoms with Crippen LogP contribution in [-0.4, -0.2) is 23.4 Å². The molecule has 1 aliphatic rings. The lowest BCUT2D eigenvalue weighted by molar-refractivity contribution is -0.138. The van der Waals surface area contributed by atoms with Gasteiger partial charge in [-0.15, -0.1) is 0 Å². The van der Waals surface area contributed by atoms with Crippen molar-refractivity contribution >= 4 is 40.6 Å². The molecule has 0 aromatic heterocycles. The molecule has 1 heterocycles. The Hall–Kier alpha value is -1.94. The third-order valence-electron chi connectivity index (χ3n) is 3.35. The van der Waals surface area contributed by atoms with Crippen LogP contribution in [0.1, 0.15) is 25.3 Å². The first-order valence-electron chi connectivity index (χ1n) is 6.71. The molecular formula is C16H14ClN2O2S-. The smallest absolute Gasteiger partial charge is 0.336 e. The van der Waals surface area contributed by atoms with Gasteiger partial charge in [0.1, 0.15) is 4.99 Å². The van der Waals surface area contributed by atoms with Crippen molar-refractivity contribution in [2.24, 2.45) is 0 Å². The molecule has 0 aliphatic carbocycles. The van der Waals surface area contributed by atoms with Crippen molar-refractivity contribution in [2.75, 3.05) is 6.61 Å². The van der Waals surface area contributed by atoms with E-state index in [1.54, 1.807) is 38.1 Å². The number of benzene rings is 1. The fourth-order valence-electron chi connectivity index (χ4n) is 2.38. The lowest BCUT2D eigenvalue weighted by Crippen LogP contribution is -2.35. The van der Waals surface area contributed by atoms with Crippen LogP contribution >= 0.6 is 23.8 Å². The molecule has 1 unspecified atom stereocenters. The highest BCUT2D eigenvalue weighted by molar-refractivity contribution is 7.80. The second-order valence-electron chi connectivity index (χ2n) is 4.72. The van der Waals surface area contributed by atoms with Gasteiger partial charge in [-0.2, -0.15) is 0 Å². The summed E-state index contributed by atoms with van der Waals surface area (Å²) in [5, 5.41) is 12.9. The zero-order chi connectivity index (χ0) is 16.3. The normalized spacial score (nSPS) is 17.9. The van der Waals surface area contributed by atoms with Gasteiger partial charge >= 0.3 is 5.97 Å². The monoisotopic (exact) mass is 333 g/mol. The summed E-state index contributed by atoms with van der Waals surface area (Å²) in [7, 11) is 0. The van der Waals surface area contributed by atoms with Crippen LogP contribution in [0.2, 0.25) is 5.02 Å².